The van der Waals surface area contributed by atoms with Crippen molar-refractivity contribution in [2.75, 3.05) is 18.8 Å². The third-order valence-electron chi connectivity index (χ3n) is 5.66. The van der Waals surface area contributed by atoms with Crippen LogP contribution in [0.25, 0.3) is 22.3 Å². The first kappa shape index (κ1) is 19.1. The van der Waals surface area contributed by atoms with Gasteiger partial charge in [0.25, 0.3) is 0 Å². The number of nitrogens with zero attached hydrogens (tertiary/aromatic N) is 5. The highest BCUT2D eigenvalue weighted by atomic mass is 16.5. The van der Waals surface area contributed by atoms with Gasteiger partial charge < -0.3 is 15.4 Å². The summed E-state index contributed by atoms with van der Waals surface area (Å²) in [7, 11) is 0. The molecule has 1 saturated heterocycles. The molecule has 0 saturated carbocycles. The molecule has 7 nitrogen and oxygen atoms in total. The normalized spacial score (nSPS) is 16.4. The van der Waals surface area contributed by atoms with Gasteiger partial charge in [-0.05, 0) is 55.4 Å². The van der Waals surface area contributed by atoms with Gasteiger partial charge in [0.1, 0.15) is 29.3 Å². The molecule has 156 valence electrons. The number of piperidine rings is 1. The zero-order valence-corrected chi connectivity index (χ0v) is 17.2. The zero-order chi connectivity index (χ0) is 21.2. The van der Waals surface area contributed by atoms with Gasteiger partial charge in [-0.25, -0.2) is 14.6 Å². The molecule has 0 bridgehead atoms. The number of ether oxygens (including phenoxy) is 1. The van der Waals surface area contributed by atoms with Gasteiger partial charge in [-0.1, -0.05) is 24.8 Å². The van der Waals surface area contributed by atoms with Gasteiger partial charge in [-0.3, -0.25) is 0 Å². The van der Waals surface area contributed by atoms with E-state index in [1.54, 1.807) is 0 Å². The summed E-state index contributed by atoms with van der Waals surface area (Å²) in [6.07, 6.45) is 5.52. The maximum atomic E-state index is 6.27. The van der Waals surface area contributed by atoms with E-state index in [1.807, 2.05) is 65.5 Å². The first-order valence-electron chi connectivity index (χ1n) is 10.4. The average molecular weight is 412 g/mol. The maximum absolute atomic E-state index is 6.27. The lowest BCUT2D eigenvalue weighted by atomic mass is 10.1. The zero-order valence-electron chi connectivity index (χ0n) is 17.2. The van der Waals surface area contributed by atoms with E-state index in [0.717, 1.165) is 59.7 Å². The van der Waals surface area contributed by atoms with Gasteiger partial charge in [0.2, 0.25) is 0 Å². The van der Waals surface area contributed by atoms with Gasteiger partial charge >= 0.3 is 0 Å². The fraction of sp³-hybridized carbons (Fsp3) is 0.208. The van der Waals surface area contributed by atoms with Crippen molar-refractivity contribution in [2.45, 2.75) is 18.9 Å². The molecule has 4 aromatic rings. The number of likely N-dealkylation sites (tertiary alicyclic amines) is 1. The molecule has 31 heavy (non-hydrogen) atoms. The number of benzene rings is 2. The van der Waals surface area contributed by atoms with Gasteiger partial charge in [0, 0.05) is 18.7 Å². The third kappa shape index (κ3) is 3.70. The van der Waals surface area contributed by atoms with Crippen molar-refractivity contribution in [1.82, 2.24) is 24.6 Å². The Morgan fingerprint density at radius 3 is 2.58 bits per heavy atom. The van der Waals surface area contributed by atoms with E-state index in [2.05, 4.69) is 21.4 Å². The number of anilines is 1. The Hall–Kier alpha value is -3.87. The molecule has 0 radical (unpaired) electrons. The highest BCUT2D eigenvalue weighted by molar-refractivity contribution is 5.98. The second-order valence-electron chi connectivity index (χ2n) is 7.66. The first-order chi connectivity index (χ1) is 15.2. The smallest absolute Gasteiger partial charge is 0.164 e. The molecule has 2 aromatic carbocycles. The number of fused-ring (bicyclic) bond motifs is 1. The van der Waals surface area contributed by atoms with Gasteiger partial charge in [-0.15, -0.1) is 0 Å². The van der Waals surface area contributed by atoms with E-state index in [4.69, 9.17) is 15.6 Å². The SMILES string of the molecule is C=CN1CCCC(n2nc(-c3ccc(Oc4ccccc4)cc3)c3c(N)ncnc32)C1. The Labute approximate surface area is 180 Å². The summed E-state index contributed by atoms with van der Waals surface area (Å²) in [4.78, 5) is 11.0. The molecule has 0 amide bonds. The van der Waals surface area contributed by atoms with Crippen LogP contribution in [-0.4, -0.2) is 37.7 Å². The molecule has 1 aliphatic rings. The van der Waals surface area contributed by atoms with Crippen LogP contribution in [0.3, 0.4) is 0 Å². The van der Waals surface area contributed by atoms with Crippen molar-refractivity contribution in [3.63, 3.8) is 0 Å². The van der Waals surface area contributed by atoms with Crippen molar-refractivity contribution in [1.29, 1.82) is 0 Å². The molecule has 5 rings (SSSR count). The van der Waals surface area contributed by atoms with E-state index < -0.39 is 0 Å². The van der Waals surface area contributed by atoms with E-state index in [9.17, 15) is 0 Å². The Kier molecular flexibility index (Phi) is 5.00. The van der Waals surface area contributed by atoms with Crippen molar-refractivity contribution < 1.29 is 4.74 Å². The van der Waals surface area contributed by atoms with E-state index in [-0.39, 0.29) is 6.04 Å². The van der Waals surface area contributed by atoms with Crippen LogP contribution in [0.5, 0.6) is 11.5 Å². The van der Waals surface area contributed by atoms with Gasteiger partial charge in [0.05, 0.1) is 11.4 Å². The first-order valence-corrected chi connectivity index (χ1v) is 10.4. The number of hydrogen-bond acceptors (Lipinski definition) is 6. The Balaban J connectivity index is 1.52. The molecule has 1 aliphatic heterocycles. The summed E-state index contributed by atoms with van der Waals surface area (Å²) in [6.45, 7) is 5.79. The van der Waals surface area contributed by atoms with E-state index >= 15 is 0 Å². The molecule has 1 unspecified atom stereocenters. The van der Waals surface area contributed by atoms with Crippen LogP contribution >= 0.6 is 0 Å². The molecular weight excluding hydrogens is 388 g/mol. The summed E-state index contributed by atoms with van der Waals surface area (Å²) in [6, 6.07) is 17.8. The second-order valence-corrected chi connectivity index (χ2v) is 7.66. The molecule has 7 heteroatoms. The number of para-hydroxylation sites is 1. The molecule has 2 N–H and O–H groups in total. The van der Waals surface area contributed by atoms with E-state index in [1.165, 1.54) is 6.33 Å². The Morgan fingerprint density at radius 2 is 1.81 bits per heavy atom. The van der Waals surface area contributed by atoms with Crippen molar-refractivity contribution in [3.05, 3.63) is 73.7 Å². The fourth-order valence-electron chi connectivity index (χ4n) is 4.11. The van der Waals surface area contributed by atoms with Crippen LogP contribution in [0.1, 0.15) is 18.9 Å². The highest BCUT2D eigenvalue weighted by Gasteiger charge is 2.25. The number of aromatic nitrogens is 4. The third-order valence-corrected chi connectivity index (χ3v) is 5.66. The van der Waals surface area contributed by atoms with E-state index in [0.29, 0.717) is 5.82 Å². The summed E-state index contributed by atoms with van der Waals surface area (Å²) in [5.41, 5.74) is 8.77. The lowest BCUT2D eigenvalue weighted by Gasteiger charge is -2.31. The lowest BCUT2D eigenvalue weighted by molar-refractivity contribution is 0.228. The molecule has 0 spiro atoms. The minimum absolute atomic E-state index is 0.206. The predicted molar refractivity (Wildman–Crippen MR) is 122 cm³/mol. The van der Waals surface area contributed by atoms with Crippen LogP contribution in [-0.2, 0) is 0 Å². The molecule has 1 atom stereocenters. The summed E-state index contributed by atoms with van der Waals surface area (Å²) < 4.78 is 7.92. The number of nitrogens with two attached hydrogens (primary N) is 1. The fourth-order valence-corrected chi connectivity index (χ4v) is 4.11. The largest absolute Gasteiger partial charge is 0.457 e. The molecule has 1 fully saturated rings. The highest BCUT2D eigenvalue weighted by Crippen LogP contribution is 2.34. The number of hydrogen-bond donors (Lipinski definition) is 1. The Bertz CT molecular complexity index is 1200. The molecular formula is C24H24N6O. The van der Waals surface area contributed by atoms with Crippen molar-refractivity contribution in [3.8, 4) is 22.8 Å². The quantitative estimate of drug-likeness (QED) is 0.514. The summed E-state index contributed by atoms with van der Waals surface area (Å²) in [5.74, 6) is 2.00. The van der Waals surface area contributed by atoms with Crippen LogP contribution < -0.4 is 10.5 Å². The molecule has 2 aromatic heterocycles. The maximum Gasteiger partial charge on any atom is 0.164 e. The minimum Gasteiger partial charge on any atom is -0.457 e. The van der Waals surface area contributed by atoms with Crippen LogP contribution in [0.4, 0.5) is 5.82 Å². The Morgan fingerprint density at radius 1 is 1.03 bits per heavy atom. The van der Waals surface area contributed by atoms with Crippen LogP contribution in [0.2, 0.25) is 0 Å². The lowest BCUT2D eigenvalue weighted by Crippen LogP contribution is -2.33. The van der Waals surface area contributed by atoms with Crippen LogP contribution in [0.15, 0.2) is 73.7 Å². The summed E-state index contributed by atoms with van der Waals surface area (Å²) in [5, 5.41) is 5.75. The van der Waals surface area contributed by atoms with Crippen LogP contribution in [0, 0.1) is 0 Å². The van der Waals surface area contributed by atoms with Crippen molar-refractivity contribution >= 4 is 16.9 Å². The summed E-state index contributed by atoms with van der Waals surface area (Å²) >= 11 is 0. The van der Waals surface area contributed by atoms with Gasteiger partial charge in [-0.2, -0.15) is 5.10 Å². The van der Waals surface area contributed by atoms with Gasteiger partial charge in [0.15, 0.2) is 5.65 Å². The minimum atomic E-state index is 0.206. The van der Waals surface area contributed by atoms with Crippen molar-refractivity contribution in [2.24, 2.45) is 0 Å². The monoisotopic (exact) mass is 412 g/mol. The average Bonchev–Trinajstić information content (AvgIpc) is 3.21. The standard InChI is InChI=1S/C24H24N6O/c1-2-29-14-6-7-18(15-29)30-24-21(23(25)26-16-27-24)22(28-30)17-10-12-20(13-11-17)31-19-8-4-3-5-9-19/h2-5,8-13,16,18H,1,6-7,14-15H2,(H2,25,26,27). The molecule has 0 aliphatic carbocycles. The predicted octanol–water partition coefficient (Wildman–Crippen LogP) is 4.65. The number of nitrogen functional groups attached to an aromatic ring is 1. The number of rotatable bonds is 5. The second kappa shape index (κ2) is 8.10. The topological polar surface area (TPSA) is 82.1 Å². The molecule has 3 heterocycles.